The monoisotopic (exact) mass is 501 g/mol. The number of hydrogen-bond acceptors (Lipinski definition) is 8. The molecule has 37 heavy (non-hydrogen) atoms. The van der Waals surface area contributed by atoms with E-state index in [1.165, 1.54) is 0 Å². The Morgan fingerprint density at radius 2 is 1.95 bits per heavy atom. The average Bonchev–Trinajstić information content (AvgIpc) is 3.21. The highest BCUT2D eigenvalue weighted by Gasteiger charge is 2.47. The quantitative estimate of drug-likeness (QED) is 0.424. The second-order valence-electron chi connectivity index (χ2n) is 10.7. The van der Waals surface area contributed by atoms with Gasteiger partial charge in [-0.15, -0.1) is 10.2 Å². The molecule has 1 aromatic carbocycles. The van der Waals surface area contributed by atoms with E-state index in [0.717, 1.165) is 10.9 Å². The van der Waals surface area contributed by atoms with E-state index in [0.29, 0.717) is 28.8 Å². The van der Waals surface area contributed by atoms with Crippen LogP contribution in [0.4, 0.5) is 4.39 Å². The lowest BCUT2D eigenvalue weighted by molar-refractivity contribution is -0.0281. The summed E-state index contributed by atoms with van der Waals surface area (Å²) < 4.78 is 22.6. The van der Waals surface area contributed by atoms with Crippen LogP contribution in [0.5, 0.6) is 11.6 Å². The maximum Gasteiger partial charge on any atom is 0.233 e. The van der Waals surface area contributed by atoms with Crippen molar-refractivity contribution in [2.24, 2.45) is 7.05 Å². The molecular formula is C27H28FN7O2. The van der Waals surface area contributed by atoms with Gasteiger partial charge in [0, 0.05) is 54.0 Å². The summed E-state index contributed by atoms with van der Waals surface area (Å²) in [5.41, 5.74) is 1.99. The number of benzene rings is 1. The molecule has 5 rings (SSSR count). The molecule has 0 saturated carbocycles. The summed E-state index contributed by atoms with van der Waals surface area (Å²) >= 11 is 0. The highest BCUT2D eigenvalue weighted by Crippen LogP contribution is 2.35. The first-order valence-electron chi connectivity index (χ1n) is 12.0. The van der Waals surface area contributed by atoms with Gasteiger partial charge in [-0.2, -0.15) is 10.4 Å². The van der Waals surface area contributed by atoms with E-state index in [2.05, 4.69) is 31.7 Å². The van der Waals surface area contributed by atoms with Gasteiger partial charge in [-0.1, -0.05) is 0 Å². The van der Waals surface area contributed by atoms with Crippen LogP contribution in [0.1, 0.15) is 39.7 Å². The molecule has 0 bridgehead atoms. The predicted molar refractivity (Wildman–Crippen MR) is 137 cm³/mol. The van der Waals surface area contributed by atoms with Crippen LogP contribution in [0.3, 0.4) is 0 Å². The standard InChI is InChI=1S/C27H28FN7O2/c1-26(2)11-21(25(28)27(3,4)34-26)37-22-7-6-19(31-32-22)24-20(36)10-17(13-30-24)15-8-16(12-29)23-18(9-15)14-35(5)33-23/h6-10,13-14,21,25,34,36H,11H2,1-5H3/t21-,25-/m0/s1. The van der Waals surface area contributed by atoms with Crippen molar-refractivity contribution in [3.8, 4) is 40.2 Å². The van der Waals surface area contributed by atoms with Crippen molar-refractivity contribution >= 4 is 10.9 Å². The maximum atomic E-state index is 15.1. The lowest BCUT2D eigenvalue weighted by atomic mass is 9.79. The first-order chi connectivity index (χ1) is 17.5. The fraction of sp³-hybridized carbons (Fsp3) is 0.370. The van der Waals surface area contributed by atoms with Crippen molar-refractivity contribution < 1.29 is 14.2 Å². The number of aromatic nitrogens is 5. The van der Waals surface area contributed by atoms with Gasteiger partial charge in [0.05, 0.1) is 5.56 Å². The largest absolute Gasteiger partial charge is 0.506 e. The number of fused-ring (bicyclic) bond motifs is 1. The van der Waals surface area contributed by atoms with Crippen molar-refractivity contribution in [2.45, 2.75) is 57.5 Å². The molecule has 190 valence electrons. The molecule has 0 unspecified atom stereocenters. The SMILES string of the molecule is Cn1cc2cc(-c3cnc(-c4ccc(O[C@H]5CC(C)(C)NC(C)(C)[C@H]5F)nn4)c(O)c3)cc(C#N)c2n1. The van der Waals surface area contributed by atoms with Gasteiger partial charge in [-0.25, -0.2) is 9.37 Å². The molecule has 2 atom stereocenters. The van der Waals surface area contributed by atoms with Gasteiger partial charge in [-0.05, 0) is 57.5 Å². The van der Waals surface area contributed by atoms with Crippen LogP contribution >= 0.6 is 0 Å². The smallest absolute Gasteiger partial charge is 0.233 e. The van der Waals surface area contributed by atoms with Crippen molar-refractivity contribution in [2.75, 3.05) is 0 Å². The van der Waals surface area contributed by atoms with Crippen molar-refractivity contribution in [3.63, 3.8) is 0 Å². The molecule has 0 radical (unpaired) electrons. The van der Waals surface area contributed by atoms with Crippen molar-refractivity contribution in [1.82, 2.24) is 30.3 Å². The molecule has 4 heterocycles. The summed E-state index contributed by atoms with van der Waals surface area (Å²) in [4.78, 5) is 4.40. The summed E-state index contributed by atoms with van der Waals surface area (Å²) in [7, 11) is 1.80. The van der Waals surface area contributed by atoms with Gasteiger partial charge in [0.2, 0.25) is 5.88 Å². The topological polar surface area (TPSA) is 122 Å². The van der Waals surface area contributed by atoms with Crippen LogP contribution in [0.25, 0.3) is 33.4 Å². The minimum Gasteiger partial charge on any atom is -0.506 e. The Bertz CT molecular complexity index is 1520. The maximum absolute atomic E-state index is 15.1. The summed E-state index contributed by atoms with van der Waals surface area (Å²) in [6, 6.07) is 10.6. The number of pyridine rings is 1. The second kappa shape index (κ2) is 8.78. The van der Waals surface area contributed by atoms with Gasteiger partial charge in [0.15, 0.2) is 6.17 Å². The Labute approximate surface area is 213 Å². The molecule has 0 aliphatic carbocycles. The molecule has 0 amide bonds. The number of nitrogens with zero attached hydrogens (tertiary/aromatic N) is 6. The molecule has 10 heteroatoms. The van der Waals surface area contributed by atoms with Crippen LogP contribution < -0.4 is 10.1 Å². The first kappa shape index (κ1) is 24.6. The zero-order valence-corrected chi connectivity index (χ0v) is 21.3. The Balaban J connectivity index is 1.38. The third-order valence-electron chi connectivity index (χ3n) is 6.59. The zero-order chi connectivity index (χ0) is 26.5. The molecule has 1 aliphatic heterocycles. The lowest BCUT2D eigenvalue weighted by Crippen LogP contribution is -2.66. The molecule has 2 N–H and O–H groups in total. The number of hydrogen-bond donors (Lipinski definition) is 2. The number of piperidine rings is 1. The fourth-order valence-corrected chi connectivity index (χ4v) is 5.14. The molecule has 0 spiro atoms. The number of aromatic hydroxyl groups is 1. The fourth-order valence-electron chi connectivity index (χ4n) is 5.14. The highest BCUT2D eigenvalue weighted by atomic mass is 19.1. The van der Waals surface area contributed by atoms with Crippen molar-refractivity contribution in [1.29, 1.82) is 5.26 Å². The number of aryl methyl sites for hydroxylation is 1. The predicted octanol–water partition coefficient (Wildman–Crippen LogP) is 4.31. The normalized spacial score (nSPS) is 20.5. The minimum absolute atomic E-state index is 0.0871. The van der Waals surface area contributed by atoms with Crippen LogP contribution in [0, 0.1) is 11.3 Å². The second-order valence-corrected chi connectivity index (χ2v) is 10.7. The van der Waals surface area contributed by atoms with E-state index < -0.39 is 17.8 Å². The number of nitrogens with one attached hydrogen (secondary N) is 1. The summed E-state index contributed by atoms with van der Waals surface area (Å²) in [5.74, 6) is 0.116. The number of halogens is 1. The molecule has 1 saturated heterocycles. The van der Waals surface area contributed by atoms with Crippen LogP contribution in [-0.2, 0) is 7.05 Å². The highest BCUT2D eigenvalue weighted by molar-refractivity contribution is 5.89. The van der Waals surface area contributed by atoms with E-state index in [-0.39, 0.29) is 22.9 Å². The van der Waals surface area contributed by atoms with E-state index in [4.69, 9.17) is 4.74 Å². The molecular weight excluding hydrogens is 473 g/mol. The molecule has 9 nitrogen and oxygen atoms in total. The van der Waals surface area contributed by atoms with Gasteiger partial charge < -0.3 is 15.2 Å². The number of ether oxygens (including phenoxy) is 1. The Hall–Kier alpha value is -4.10. The van der Waals surface area contributed by atoms with E-state index in [9.17, 15) is 10.4 Å². The minimum atomic E-state index is -1.23. The Kier molecular flexibility index (Phi) is 5.83. The number of alkyl halides is 1. The van der Waals surface area contributed by atoms with E-state index >= 15 is 4.39 Å². The molecule has 1 aliphatic rings. The average molecular weight is 502 g/mol. The van der Waals surface area contributed by atoms with Gasteiger partial charge in [0.25, 0.3) is 0 Å². The molecule has 1 fully saturated rings. The third kappa shape index (κ3) is 4.70. The van der Waals surface area contributed by atoms with Crippen LogP contribution in [-0.4, -0.2) is 53.4 Å². The summed E-state index contributed by atoms with van der Waals surface area (Å²) in [6.07, 6.45) is 2.01. The summed E-state index contributed by atoms with van der Waals surface area (Å²) in [5, 5.41) is 37.0. The summed E-state index contributed by atoms with van der Waals surface area (Å²) in [6.45, 7) is 7.66. The lowest BCUT2D eigenvalue weighted by Gasteiger charge is -2.48. The van der Waals surface area contributed by atoms with Crippen LogP contribution in [0.2, 0.25) is 0 Å². The van der Waals surface area contributed by atoms with Gasteiger partial charge in [0.1, 0.15) is 34.8 Å². The van der Waals surface area contributed by atoms with E-state index in [1.807, 2.05) is 40.0 Å². The van der Waals surface area contributed by atoms with E-state index in [1.54, 1.807) is 42.2 Å². The van der Waals surface area contributed by atoms with Gasteiger partial charge in [-0.3, -0.25) is 4.68 Å². The van der Waals surface area contributed by atoms with Crippen molar-refractivity contribution in [3.05, 3.63) is 48.3 Å². The number of nitriles is 1. The Morgan fingerprint density at radius 3 is 2.62 bits per heavy atom. The first-order valence-corrected chi connectivity index (χ1v) is 12.0. The van der Waals surface area contributed by atoms with Gasteiger partial charge >= 0.3 is 0 Å². The molecule has 4 aromatic rings. The third-order valence-corrected chi connectivity index (χ3v) is 6.59. The van der Waals surface area contributed by atoms with Crippen LogP contribution in [0.15, 0.2) is 42.7 Å². The zero-order valence-electron chi connectivity index (χ0n) is 21.3. The Morgan fingerprint density at radius 1 is 1.16 bits per heavy atom. The number of rotatable bonds is 4. The molecule has 3 aromatic heterocycles.